The highest BCUT2D eigenvalue weighted by Crippen LogP contribution is 2.12. The molecule has 0 bridgehead atoms. The quantitative estimate of drug-likeness (QED) is 0.763. The van der Waals surface area contributed by atoms with Crippen molar-refractivity contribution in [2.24, 2.45) is 0 Å². The molecule has 0 saturated carbocycles. The third-order valence-corrected chi connectivity index (χ3v) is 3.37. The molecule has 2 N–H and O–H groups in total. The Morgan fingerprint density at radius 1 is 1.61 bits per heavy atom. The molecule has 0 saturated heterocycles. The minimum absolute atomic E-state index is 0.325. The van der Waals surface area contributed by atoms with Gasteiger partial charge in [-0.2, -0.15) is 11.8 Å². The van der Waals surface area contributed by atoms with Crippen LogP contribution in [0.4, 0.5) is 0 Å². The van der Waals surface area contributed by atoms with Gasteiger partial charge in [0.1, 0.15) is 11.9 Å². The summed E-state index contributed by atoms with van der Waals surface area (Å²) in [6.45, 7) is 4.17. The van der Waals surface area contributed by atoms with Gasteiger partial charge in [-0.1, -0.05) is 0 Å². The van der Waals surface area contributed by atoms with Gasteiger partial charge in [-0.15, -0.1) is 0 Å². The number of nitrogens with zero attached hydrogens (tertiary/aromatic N) is 2. The maximum absolute atomic E-state index is 10.9. The standard InChI is InChI=1S/C11H17N3O3S/c1-3-14-5-4-12-10(14)7-18-6-9(11(16)17)13-8(2)15/h4-5,9H,3,6-7H2,1-2H3,(H,13,15)(H,16,17)/t9-/m0/s1. The number of thioether (sulfide) groups is 1. The highest BCUT2D eigenvalue weighted by Gasteiger charge is 2.18. The average Bonchev–Trinajstić information content (AvgIpc) is 2.74. The summed E-state index contributed by atoms with van der Waals surface area (Å²) in [5.41, 5.74) is 0. The van der Waals surface area contributed by atoms with E-state index in [0.29, 0.717) is 11.5 Å². The molecule has 1 aromatic heterocycles. The number of carboxylic acids is 1. The SMILES string of the molecule is CCn1ccnc1CSC[C@H](NC(C)=O)C(=O)O. The normalized spacial score (nSPS) is 12.1. The molecule has 0 spiro atoms. The van der Waals surface area contributed by atoms with Crippen LogP contribution in [0, 0.1) is 0 Å². The molecular formula is C11H17N3O3S. The molecule has 6 nitrogen and oxygen atoms in total. The molecular weight excluding hydrogens is 254 g/mol. The molecule has 1 aromatic rings. The number of hydrogen-bond donors (Lipinski definition) is 2. The number of imidazole rings is 1. The van der Waals surface area contributed by atoms with Crippen LogP contribution in [0.1, 0.15) is 19.7 Å². The zero-order valence-electron chi connectivity index (χ0n) is 10.4. The van der Waals surface area contributed by atoms with Crippen LogP contribution in [-0.2, 0) is 21.9 Å². The number of aliphatic carboxylic acids is 1. The van der Waals surface area contributed by atoms with E-state index in [2.05, 4.69) is 10.3 Å². The van der Waals surface area contributed by atoms with E-state index < -0.39 is 12.0 Å². The predicted molar refractivity (Wildman–Crippen MR) is 69.3 cm³/mol. The Hall–Kier alpha value is -1.50. The van der Waals surface area contributed by atoms with Crippen LogP contribution < -0.4 is 5.32 Å². The highest BCUT2D eigenvalue weighted by atomic mass is 32.2. The smallest absolute Gasteiger partial charge is 0.327 e. The van der Waals surface area contributed by atoms with E-state index in [1.54, 1.807) is 6.20 Å². The van der Waals surface area contributed by atoms with Gasteiger partial charge in [-0.05, 0) is 6.92 Å². The van der Waals surface area contributed by atoms with Crippen LogP contribution in [-0.4, -0.2) is 38.3 Å². The first kappa shape index (κ1) is 14.6. The van der Waals surface area contributed by atoms with Crippen molar-refractivity contribution in [1.29, 1.82) is 0 Å². The predicted octanol–water partition coefficient (Wildman–Crippen LogP) is 0.726. The molecule has 1 heterocycles. The fourth-order valence-corrected chi connectivity index (χ4v) is 2.46. The van der Waals surface area contributed by atoms with Crippen molar-refractivity contribution in [2.45, 2.75) is 32.2 Å². The Labute approximate surface area is 110 Å². The van der Waals surface area contributed by atoms with Gasteiger partial charge >= 0.3 is 5.97 Å². The maximum atomic E-state index is 10.9. The van der Waals surface area contributed by atoms with Gasteiger partial charge in [0.05, 0.1) is 5.75 Å². The third kappa shape index (κ3) is 4.40. The fraction of sp³-hybridized carbons (Fsp3) is 0.545. The first-order chi connectivity index (χ1) is 8.54. The summed E-state index contributed by atoms with van der Waals surface area (Å²) in [5.74, 6) is 0.513. The van der Waals surface area contributed by atoms with E-state index in [-0.39, 0.29) is 5.91 Å². The van der Waals surface area contributed by atoms with Crippen molar-refractivity contribution < 1.29 is 14.7 Å². The zero-order chi connectivity index (χ0) is 13.5. The molecule has 1 atom stereocenters. The lowest BCUT2D eigenvalue weighted by Crippen LogP contribution is -2.41. The van der Waals surface area contributed by atoms with Gasteiger partial charge in [-0.25, -0.2) is 9.78 Å². The maximum Gasteiger partial charge on any atom is 0.327 e. The van der Waals surface area contributed by atoms with E-state index in [0.717, 1.165) is 12.4 Å². The number of amides is 1. The van der Waals surface area contributed by atoms with Crippen molar-refractivity contribution in [3.05, 3.63) is 18.2 Å². The topological polar surface area (TPSA) is 84.2 Å². The molecule has 0 radical (unpaired) electrons. The molecule has 1 rings (SSSR count). The van der Waals surface area contributed by atoms with Crippen molar-refractivity contribution in [3.8, 4) is 0 Å². The van der Waals surface area contributed by atoms with Gasteiger partial charge in [0, 0.05) is 31.6 Å². The number of aryl methyl sites for hydroxylation is 1. The monoisotopic (exact) mass is 271 g/mol. The van der Waals surface area contributed by atoms with Crippen molar-refractivity contribution in [1.82, 2.24) is 14.9 Å². The fourth-order valence-electron chi connectivity index (χ4n) is 1.46. The molecule has 7 heteroatoms. The van der Waals surface area contributed by atoms with E-state index >= 15 is 0 Å². The second kappa shape index (κ2) is 7.05. The Balaban J connectivity index is 2.43. The van der Waals surface area contributed by atoms with Crippen LogP contribution in [0.25, 0.3) is 0 Å². The molecule has 0 fully saturated rings. The number of nitrogens with one attached hydrogen (secondary N) is 1. The van der Waals surface area contributed by atoms with E-state index in [1.165, 1.54) is 18.7 Å². The number of aromatic nitrogens is 2. The van der Waals surface area contributed by atoms with Crippen LogP contribution in [0.3, 0.4) is 0 Å². The lowest BCUT2D eigenvalue weighted by atomic mass is 10.3. The molecule has 0 aliphatic rings. The van der Waals surface area contributed by atoms with Crippen LogP contribution in [0.5, 0.6) is 0 Å². The first-order valence-electron chi connectivity index (χ1n) is 5.62. The molecule has 0 aromatic carbocycles. The van der Waals surface area contributed by atoms with E-state index in [1.807, 2.05) is 17.7 Å². The van der Waals surface area contributed by atoms with Gasteiger partial charge in [0.2, 0.25) is 5.91 Å². The van der Waals surface area contributed by atoms with Gasteiger partial charge < -0.3 is 15.0 Å². The second-order valence-corrected chi connectivity index (χ2v) is 4.77. The third-order valence-electron chi connectivity index (χ3n) is 2.33. The van der Waals surface area contributed by atoms with Crippen molar-refractivity contribution in [3.63, 3.8) is 0 Å². The Morgan fingerprint density at radius 3 is 2.89 bits per heavy atom. The minimum atomic E-state index is -1.02. The van der Waals surface area contributed by atoms with Crippen LogP contribution in [0.15, 0.2) is 12.4 Å². The highest BCUT2D eigenvalue weighted by molar-refractivity contribution is 7.98. The Kier molecular flexibility index (Phi) is 5.70. The van der Waals surface area contributed by atoms with Crippen LogP contribution >= 0.6 is 11.8 Å². The number of carboxylic acid groups (broad SMARTS) is 1. The molecule has 0 aliphatic heterocycles. The molecule has 100 valence electrons. The lowest BCUT2D eigenvalue weighted by Gasteiger charge is -2.12. The summed E-state index contributed by atoms with van der Waals surface area (Å²) in [6, 6.07) is -0.850. The molecule has 0 aliphatic carbocycles. The molecule has 1 amide bonds. The summed E-state index contributed by atoms with van der Waals surface area (Å²) in [6.07, 6.45) is 3.61. The zero-order valence-corrected chi connectivity index (χ0v) is 11.2. The van der Waals surface area contributed by atoms with E-state index in [9.17, 15) is 9.59 Å². The number of carbonyl (C=O) groups is 2. The Morgan fingerprint density at radius 2 is 2.33 bits per heavy atom. The van der Waals surface area contributed by atoms with Crippen molar-refractivity contribution in [2.75, 3.05) is 5.75 Å². The summed E-state index contributed by atoms with van der Waals surface area (Å²) >= 11 is 1.44. The number of rotatable bonds is 7. The summed E-state index contributed by atoms with van der Waals surface area (Å²) in [4.78, 5) is 25.9. The summed E-state index contributed by atoms with van der Waals surface area (Å²) < 4.78 is 2.00. The van der Waals surface area contributed by atoms with E-state index in [4.69, 9.17) is 5.11 Å². The number of hydrogen-bond acceptors (Lipinski definition) is 4. The minimum Gasteiger partial charge on any atom is -0.480 e. The van der Waals surface area contributed by atoms with Gasteiger partial charge in [0.15, 0.2) is 0 Å². The first-order valence-corrected chi connectivity index (χ1v) is 6.77. The second-order valence-electron chi connectivity index (χ2n) is 3.74. The average molecular weight is 271 g/mol. The number of carbonyl (C=O) groups excluding carboxylic acids is 1. The molecule has 18 heavy (non-hydrogen) atoms. The van der Waals surface area contributed by atoms with Crippen molar-refractivity contribution >= 4 is 23.6 Å². The molecule has 0 unspecified atom stereocenters. The lowest BCUT2D eigenvalue weighted by molar-refractivity contribution is -0.140. The summed E-state index contributed by atoms with van der Waals surface area (Å²) in [5, 5.41) is 11.3. The Bertz CT molecular complexity index is 419. The van der Waals surface area contributed by atoms with Crippen LogP contribution in [0.2, 0.25) is 0 Å². The van der Waals surface area contributed by atoms with Gasteiger partial charge in [-0.3, -0.25) is 4.79 Å². The largest absolute Gasteiger partial charge is 0.480 e. The van der Waals surface area contributed by atoms with Gasteiger partial charge in [0.25, 0.3) is 0 Å². The summed E-state index contributed by atoms with van der Waals surface area (Å²) in [7, 11) is 0.